The SMILES string of the molecule is COc1cc(CNC(C)C)c(-c2cccnc2)cc1OC. The minimum absolute atomic E-state index is 0.417. The maximum atomic E-state index is 5.41. The lowest BCUT2D eigenvalue weighted by atomic mass is 10.00. The highest BCUT2D eigenvalue weighted by Crippen LogP contribution is 2.35. The van der Waals surface area contributed by atoms with Gasteiger partial charge in [0.15, 0.2) is 11.5 Å². The molecule has 1 aromatic heterocycles. The minimum Gasteiger partial charge on any atom is -0.493 e. The first-order chi connectivity index (χ1) is 10.2. The number of nitrogens with zero attached hydrogens (tertiary/aromatic N) is 1. The number of aromatic nitrogens is 1. The summed E-state index contributed by atoms with van der Waals surface area (Å²) in [6, 6.07) is 8.43. The van der Waals surface area contributed by atoms with E-state index in [0.717, 1.165) is 34.7 Å². The van der Waals surface area contributed by atoms with Gasteiger partial charge >= 0.3 is 0 Å². The average Bonchev–Trinajstić information content (AvgIpc) is 2.52. The summed E-state index contributed by atoms with van der Waals surface area (Å²) in [5.74, 6) is 1.47. The molecular formula is C17H22N2O2. The van der Waals surface area contributed by atoms with Crippen LogP contribution in [-0.4, -0.2) is 25.2 Å². The van der Waals surface area contributed by atoms with Gasteiger partial charge in [-0.3, -0.25) is 4.98 Å². The summed E-state index contributed by atoms with van der Waals surface area (Å²) in [4.78, 5) is 4.20. The van der Waals surface area contributed by atoms with Gasteiger partial charge in [0.2, 0.25) is 0 Å². The van der Waals surface area contributed by atoms with Gasteiger partial charge in [-0.1, -0.05) is 19.9 Å². The molecule has 2 rings (SSSR count). The van der Waals surface area contributed by atoms with Crippen LogP contribution in [0.2, 0.25) is 0 Å². The summed E-state index contributed by atoms with van der Waals surface area (Å²) >= 11 is 0. The largest absolute Gasteiger partial charge is 0.493 e. The van der Waals surface area contributed by atoms with E-state index in [0.29, 0.717) is 6.04 Å². The number of benzene rings is 1. The Morgan fingerprint density at radius 2 is 1.86 bits per heavy atom. The molecule has 0 unspecified atom stereocenters. The highest BCUT2D eigenvalue weighted by molar-refractivity contribution is 5.70. The highest BCUT2D eigenvalue weighted by atomic mass is 16.5. The molecule has 112 valence electrons. The smallest absolute Gasteiger partial charge is 0.161 e. The third kappa shape index (κ3) is 3.73. The lowest BCUT2D eigenvalue weighted by Gasteiger charge is -2.16. The van der Waals surface area contributed by atoms with Gasteiger partial charge in [0.1, 0.15) is 0 Å². The van der Waals surface area contributed by atoms with Crippen LogP contribution in [0, 0.1) is 0 Å². The van der Waals surface area contributed by atoms with Crippen molar-refractivity contribution in [3.05, 3.63) is 42.2 Å². The van der Waals surface area contributed by atoms with E-state index in [1.807, 2.05) is 30.5 Å². The zero-order chi connectivity index (χ0) is 15.2. The van der Waals surface area contributed by atoms with Gasteiger partial charge in [-0.2, -0.15) is 0 Å². The predicted molar refractivity (Wildman–Crippen MR) is 84.8 cm³/mol. The van der Waals surface area contributed by atoms with Gasteiger partial charge in [-0.25, -0.2) is 0 Å². The Morgan fingerprint density at radius 1 is 1.14 bits per heavy atom. The van der Waals surface area contributed by atoms with Gasteiger partial charge in [-0.15, -0.1) is 0 Å². The molecule has 1 heterocycles. The molecule has 0 bridgehead atoms. The molecule has 0 aliphatic carbocycles. The van der Waals surface area contributed by atoms with Crippen molar-refractivity contribution in [3.8, 4) is 22.6 Å². The molecule has 0 aliphatic heterocycles. The van der Waals surface area contributed by atoms with E-state index in [1.54, 1.807) is 20.4 Å². The predicted octanol–water partition coefficient (Wildman–Crippen LogP) is 3.26. The van der Waals surface area contributed by atoms with E-state index in [9.17, 15) is 0 Å². The van der Waals surface area contributed by atoms with E-state index >= 15 is 0 Å². The summed E-state index contributed by atoms with van der Waals surface area (Å²) in [7, 11) is 3.30. The Labute approximate surface area is 126 Å². The second-order valence-corrected chi connectivity index (χ2v) is 5.14. The number of hydrogen-bond acceptors (Lipinski definition) is 4. The van der Waals surface area contributed by atoms with Crippen LogP contribution < -0.4 is 14.8 Å². The molecule has 0 fully saturated rings. The zero-order valence-corrected chi connectivity index (χ0v) is 13.0. The van der Waals surface area contributed by atoms with Gasteiger partial charge in [0.25, 0.3) is 0 Å². The Morgan fingerprint density at radius 3 is 2.43 bits per heavy atom. The van der Waals surface area contributed by atoms with Crippen LogP contribution in [0.25, 0.3) is 11.1 Å². The fraction of sp³-hybridized carbons (Fsp3) is 0.353. The molecule has 1 N–H and O–H groups in total. The van der Waals surface area contributed by atoms with Crippen molar-refractivity contribution in [1.82, 2.24) is 10.3 Å². The first-order valence-electron chi connectivity index (χ1n) is 7.04. The molecule has 21 heavy (non-hydrogen) atoms. The average molecular weight is 286 g/mol. The first kappa shape index (κ1) is 15.3. The molecule has 0 saturated heterocycles. The monoisotopic (exact) mass is 286 g/mol. The Kier molecular flexibility index (Phi) is 5.17. The lowest BCUT2D eigenvalue weighted by Crippen LogP contribution is -2.22. The van der Waals surface area contributed by atoms with Crippen molar-refractivity contribution in [2.45, 2.75) is 26.4 Å². The maximum absolute atomic E-state index is 5.41. The number of hydrogen-bond donors (Lipinski definition) is 1. The zero-order valence-electron chi connectivity index (χ0n) is 13.0. The molecule has 1 aromatic carbocycles. The summed E-state index contributed by atoms with van der Waals surface area (Å²) in [5, 5.41) is 3.44. The van der Waals surface area contributed by atoms with Gasteiger partial charge in [-0.05, 0) is 29.3 Å². The second-order valence-electron chi connectivity index (χ2n) is 5.14. The normalized spacial score (nSPS) is 10.7. The van der Waals surface area contributed by atoms with Gasteiger partial charge in [0.05, 0.1) is 14.2 Å². The molecule has 0 atom stereocenters. The molecular weight excluding hydrogens is 264 g/mol. The third-order valence-corrected chi connectivity index (χ3v) is 3.28. The van der Waals surface area contributed by atoms with Crippen LogP contribution in [0.3, 0.4) is 0 Å². The lowest BCUT2D eigenvalue weighted by molar-refractivity contribution is 0.354. The van der Waals surface area contributed by atoms with Gasteiger partial charge < -0.3 is 14.8 Å². The Balaban J connectivity index is 2.48. The van der Waals surface area contributed by atoms with E-state index < -0.39 is 0 Å². The quantitative estimate of drug-likeness (QED) is 0.885. The summed E-state index contributed by atoms with van der Waals surface area (Å²) in [5.41, 5.74) is 3.34. The molecule has 0 aliphatic rings. The topological polar surface area (TPSA) is 43.4 Å². The molecule has 0 saturated carbocycles. The van der Waals surface area contributed by atoms with E-state index in [4.69, 9.17) is 9.47 Å². The van der Waals surface area contributed by atoms with Gasteiger partial charge in [0, 0.05) is 30.5 Å². The van der Waals surface area contributed by atoms with Crippen molar-refractivity contribution >= 4 is 0 Å². The van der Waals surface area contributed by atoms with E-state index in [2.05, 4.69) is 24.1 Å². The number of pyridine rings is 1. The molecule has 0 radical (unpaired) electrons. The Hall–Kier alpha value is -2.07. The van der Waals surface area contributed by atoms with Crippen LogP contribution >= 0.6 is 0 Å². The van der Waals surface area contributed by atoms with E-state index in [-0.39, 0.29) is 0 Å². The highest BCUT2D eigenvalue weighted by Gasteiger charge is 2.13. The van der Waals surface area contributed by atoms with Crippen LogP contribution in [0.15, 0.2) is 36.7 Å². The number of rotatable bonds is 6. The number of nitrogens with one attached hydrogen (secondary N) is 1. The van der Waals surface area contributed by atoms with Crippen molar-refractivity contribution < 1.29 is 9.47 Å². The molecule has 4 heteroatoms. The summed E-state index contributed by atoms with van der Waals surface area (Å²) in [6.07, 6.45) is 3.64. The minimum atomic E-state index is 0.417. The standard InChI is InChI=1S/C17H22N2O2/c1-12(2)19-11-14-8-16(20-3)17(21-4)9-15(14)13-6-5-7-18-10-13/h5-10,12,19H,11H2,1-4H3. The third-order valence-electron chi connectivity index (χ3n) is 3.28. The fourth-order valence-corrected chi connectivity index (χ4v) is 2.17. The molecule has 0 amide bonds. The molecule has 0 spiro atoms. The van der Waals surface area contributed by atoms with Crippen LogP contribution in [0.1, 0.15) is 19.4 Å². The van der Waals surface area contributed by atoms with Crippen molar-refractivity contribution in [1.29, 1.82) is 0 Å². The van der Waals surface area contributed by atoms with E-state index in [1.165, 1.54) is 0 Å². The number of methoxy groups -OCH3 is 2. The van der Waals surface area contributed by atoms with Crippen LogP contribution in [-0.2, 0) is 6.54 Å². The Bertz CT molecular complexity index is 583. The molecule has 4 nitrogen and oxygen atoms in total. The summed E-state index contributed by atoms with van der Waals surface area (Å²) in [6.45, 7) is 5.03. The van der Waals surface area contributed by atoms with Crippen molar-refractivity contribution in [2.75, 3.05) is 14.2 Å². The van der Waals surface area contributed by atoms with Crippen LogP contribution in [0.4, 0.5) is 0 Å². The summed E-state index contributed by atoms with van der Waals surface area (Å²) < 4.78 is 10.8. The maximum Gasteiger partial charge on any atom is 0.161 e. The van der Waals surface area contributed by atoms with Crippen molar-refractivity contribution in [3.63, 3.8) is 0 Å². The number of ether oxygens (including phenoxy) is 2. The van der Waals surface area contributed by atoms with Crippen LogP contribution in [0.5, 0.6) is 11.5 Å². The first-order valence-corrected chi connectivity index (χ1v) is 7.04. The second kappa shape index (κ2) is 7.09. The van der Waals surface area contributed by atoms with Crippen molar-refractivity contribution in [2.24, 2.45) is 0 Å². The fourth-order valence-electron chi connectivity index (χ4n) is 2.17. The molecule has 2 aromatic rings.